The molecule has 0 aromatic heterocycles. The highest BCUT2D eigenvalue weighted by Crippen LogP contribution is 2.10. The lowest BCUT2D eigenvalue weighted by molar-refractivity contribution is 0.795. The summed E-state index contributed by atoms with van der Waals surface area (Å²) in [5.41, 5.74) is 1.33. The minimum absolute atomic E-state index is 0.699. The van der Waals surface area contributed by atoms with Crippen molar-refractivity contribution in [3.63, 3.8) is 0 Å². The van der Waals surface area contributed by atoms with Gasteiger partial charge >= 0.3 is 0 Å². The average molecular weight is 168 g/mol. The van der Waals surface area contributed by atoms with E-state index in [9.17, 15) is 0 Å². The fourth-order valence-electron chi connectivity index (χ4n) is 0.974. The van der Waals surface area contributed by atoms with E-state index in [1.54, 1.807) is 0 Å². The predicted molar refractivity (Wildman–Crippen MR) is 48.9 cm³/mol. The number of unbranched alkanes of at least 4 members (excludes halogenated alkanes) is 1. The number of hydrogen-bond donors (Lipinski definition) is 0. The minimum atomic E-state index is 0.699. The molecule has 0 bridgehead atoms. The van der Waals surface area contributed by atoms with Crippen LogP contribution in [0.1, 0.15) is 25.3 Å². The van der Waals surface area contributed by atoms with Crippen LogP contribution in [0.25, 0.3) is 0 Å². The average Bonchev–Trinajstić information content (AvgIpc) is 2.04. The number of halogens is 1. The van der Waals surface area contributed by atoms with Crippen LogP contribution in [0.15, 0.2) is 18.2 Å². The van der Waals surface area contributed by atoms with Crippen molar-refractivity contribution in [2.45, 2.75) is 26.2 Å². The van der Waals surface area contributed by atoms with E-state index < -0.39 is 0 Å². The molecule has 0 N–H and O–H groups in total. The summed E-state index contributed by atoms with van der Waals surface area (Å²) < 4.78 is 0. The monoisotopic (exact) mass is 167 g/mol. The van der Waals surface area contributed by atoms with E-state index in [0.29, 0.717) is 5.02 Å². The summed E-state index contributed by atoms with van der Waals surface area (Å²) in [4.78, 5) is 0. The fraction of sp³-hybridized carbons (Fsp3) is 0.400. The lowest BCUT2D eigenvalue weighted by atomic mass is 10.1. The number of rotatable bonds is 3. The maximum Gasteiger partial charge on any atom is 0.0485 e. The quantitative estimate of drug-likeness (QED) is 0.647. The van der Waals surface area contributed by atoms with Crippen LogP contribution in [0.4, 0.5) is 0 Å². The van der Waals surface area contributed by atoms with Gasteiger partial charge in [-0.3, -0.25) is 0 Å². The van der Waals surface area contributed by atoms with Crippen molar-refractivity contribution >= 4 is 11.6 Å². The SMILES string of the molecule is CCCCc1c[c]c(Cl)cc1. The van der Waals surface area contributed by atoms with Gasteiger partial charge in [-0.05, 0) is 30.5 Å². The normalized spacial score (nSPS) is 10.0. The summed E-state index contributed by atoms with van der Waals surface area (Å²) in [6.45, 7) is 2.19. The molecule has 0 nitrogen and oxygen atoms in total. The van der Waals surface area contributed by atoms with Crippen LogP contribution in [-0.4, -0.2) is 0 Å². The van der Waals surface area contributed by atoms with Crippen LogP contribution in [0.5, 0.6) is 0 Å². The first-order chi connectivity index (χ1) is 5.33. The Kier molecular flexibility index (Phi) is 3.44. The Morgan fingerprint density at radius 3 is 2.82 bits per heavy atom. The van der Waals surface area contributed by atoms with Gasteiger partial charge in [0.1, 0.15) is 0 Å². The van der Waals surface area contributed by atoms with Gasteiger partial charge in [-0.2, -0.15) is 0 Å². The lowest BCUT2D eigenvalue weighted by Gasteiger charge is -1.97. The van der Waals surface area contributed by atoms with Gasteiger partial charge in [0, 0.05) is 11.1 Å². The van der Waals surface area contributed by atoms with Gasteiger partial charge in [0.2, 0.25) is 0 Å². The highest BCUT2D eigenvalue weighted by molar-refractivity contribution is 6.30. The van der Waals surface area contributed by atoms with Crippen molar-refractivity contribution < 1.29 is 0 Å². The van der Waals surface area contributed by atoms with E-state index in [2.05, 4.69) is 19.1 Å². The second-order valence-corrected chi connectivity index (χ2v) is 3.06. The van der Waals surface area contributed by atoms with E-state index >= 15 is 0 Å². The van der Waals surface area contributed by atoms with E-state index in [-0.39, 0.29) is 0 Å². The van der Waals surface area contributed by atoms with Crippen LogP contribution < -0.4 is 0 Å². The molecular formula is C10H12Cl. The molecule has 0 unspecified atom stereocenters. The summed E-state index contributed by atoms with van der Waals surface area (Å²) in [5.74, 6) is 0. The molecule has 0 aliphatic rings. The van der Waals surface area contributed by atoms with Gasteiger partial charge in [0.25, 0.3) is 0 Å². The Balaban J connectivity index is 2.52. The molecule has 59 valence electrons. The van der Waals surface area contributed by atoms with Crippen LogP contribution in [0, 0.1) is 6.07 Å². The van der Waals surface area contributed by atoms with E-state index in [0.717, 1.165) is 6.42 Å². The molecule has 0 saturated heterocycles. The third-order valence-corrected chi connectivity index (χ3v) is 1.89. The third-order valence-electron chi connectivity index (χ3n) is 1.66. The summed E-state index contributed by atoms with van der Waals surface area (Å²) in [6, 6.07) is 8.90. The summed E-state index contributed by atoms with van der Waals surface area (Å²) in [5, 5.41) is 0.699. The first kappa shape index (κ1) is 8.61. The standard InChI is InChI=1S/C10H12Cl/c1-2-3-4-9-5-7-10(11)8-6-9/h5-7H,2-4H2,1H3. The highest BCUT2D eigenvalue weighted by Gasteiger charge is 1.91. The van der Waals surface area contributed by atoms with Crippen molar-refractivity contribution in [3.8, 4) is 0 Å². The molecule has 0 heterocycles. The Hall–Kier alpha value is -0.490. The Morgan fingerprint density at radius 2 is 2.27 bits per heavy atom. The molecule has 1 radical (unpaired) electrons. The van der Waals surface area contributed by atoms with Gasteiger partial charge in [-0.25, -0.2) is 0 Å². The first-order valence-electron chi connectivity index (χ1n) is 3.99. The maximum absolute atomic E-state index is 5.69. The second kappa shape index (κ2) is 4.40. The molecule has 1 heteroatoms. The topological polar surface area (TPSA) is 0 Å². The number of benzene rings is 1. The van der Waals surface area contributed by atoms with Crippen molar-refractivity contribution in [1.82, 2.24) is 0 Å². The van der Waals surface area contributed by atoms with E-state index in [1.807, 2.05) is 12.1 Å². The van der Waals surface area contributed by atoms with Gasteiger partial charge in [0.05, 0.1) is 0 Å². The van der Waals surface area contributed by atoms with Crippen LogP contribution in [-0.2, 0) is 6.42 Å². The Morgan fingerprint density at radius 1 is 1.45 bits per heavy atom. The van der Waals surface area contributed by atoms with Crippen LogP contribution in [0.2, 0.25) is 5.02 Å². The molecule has 0 saturated carbocycles. The highest BCUT2D eigenvalue weighted by atomic mass is 35.5. The smallest absolute Gasteiger partial charge is 0.0485 e. The molecule has 11 heavy (non-hydrogen) atoms. The van der Waals surface area contributed by atoms with Gasteiger partial charge in [0.15, 0.2) is 0 Å². The number of hydrogen-bond acceptors (Lipinski definition) is 0. The van der Waals surface area contributed by atoms with E-state index in [1.165, 1.54) is 18.4 Å². The Bertz CT molecular complexity index is 201. The van der Waals surface area contributed by atoms with Crippen molar-refractivity contribution in [2.24, 2.45) is 0 Å². The van der Waals surface area contributed by atoms with Crippen molar-refractivity contribution in [3.05, 3.63) is 34.9 Å². The molecule has 1 aromatic rings. The molecule has 0 spiro atoms. The van der Waals surface area contributed by atoms with E-state index in [4.69, 9.17) is 11.6 Å². The fourth-order valence-corrected chi connectivity index (χ4v) is 1.09. The molecule has 0 amide bonds. The third kappa shape index (κ3) is 2.94. The zero-order chi connectivity index (χ0) is 8.10. The predicted octanol–water partition coefficient (Wildman–Crippen LogP) is 3.48. The zero-order valence-electron chi connectivity index (χ0n) is 6.73. The van der Waals surface area contributed by atoms with Crippen LogP contribution in [0.3, 0.4) is 0 Å². The second-order valence-electron chi connectivity index (χ2n) is 2.65. The molecule has 0 aliphatic heterocycles. The molecule has 0 atom stereocenters. The largest absolute Gasteiger partial charge is 0.0837 e. The zero-order valence-corrected chi connectivity index (χ0v) is 7.49. The minimum Gasteiger partial charge on any atom is -0.0837 e. The van der Waals surface area contributed by atoms with Gasteiger partial charge < -0.3 is 0 Å². The molecular weight excluding hydrogens is 156 g/mol. The molecule has 0 aliphatic carbocycles. The maximum atomic E-state index is 5.69. The first-order valence-corrected chi connectivity index (χ1v) is 4.37. The van der Waals surface area contributed by atoms with Gasteiger partial charge in [-0.1, -0.05) is 31.0 Å². The van der Waals surface area contributed by atoms with Crippen molar-refractivity contribution in [1.29, 1.82) is 0 Å². The summed E-state index contributed by atoms with van der Waals surface area (Å²) in [6.07, 6.45) is 3.63. The van der Waals surface area contributed by atoms with Gasteiger partial charge in [-0.15, -0.1) is 0 Å². The molecule has 0 fully saturated rings. The Labute approximate surface area is 73.2 Å². The summed E-state index contributed by atoms with van der Waals surface area (Å²) in [7, 11) is 0. The van der Waals surface area contributed by atoms with Crippen LogP contribution >= 0.6 is 11.6 Å². The number of aryl methyl sites for hydroxylation is 1. The molecule has 1 rings (SSSR count). The molecule has 1 aromatic carbocycles. The lowest BCUT2D eigenvalue weighted by Crippen LogP contribution is -1.82. The van der Waals surface area contributed by atoms with Crippen molar-refractivity contribution in [2.75, 3.05) is 0 Å². The summed E-state index contributed by atoms with van der Waals surface area (Å²) >= 11 is 5.69.